The second-order valence-electron chi connectivity index (χ2n) is 17.6. The van der Waals surface area contributed by atoms with E-state index in [0.717, 1.165) is 54.5 Å². The Labute approximate surface area is 367 Å². The number of rotatable bonds is 18. The number of esters is 1. The summed E-state index contributed by atoms with van der Waals surface area (Å²) in [5.41, 5.74) is 2.76. The lowest BCUT2D eigenvalue weighted by Gasteiger charge is -2.32. The number of benzene rings is 3. The highest BCUT2D eigenvalue weighted by Gasteiger charge is 2.36. The topological polar surface area (TPSA) is 183 Å². The Hall–Kier alpha value is -6.15. The number of carbonyl (C=O) groups is 4. The van der Waals surface area contributed by atoms with E-state index in [0.29, 0.717) is 43.7 Å². The molecule has 1 saturated heterocycles. The van der Waals surface area contributed by atoms with Gasteiger partial charge in [0.1, 0.15) is 24.1 Å². The molecule has 0 spiro atoms. The third kappa shape index (κ3) is 13.2. The van der Waals surface area contributed by atoms with Crippen LogP contribution in [0, 0.1) is 0 Å². The van der Waals surface area contributed by atoms with Crippen LogP contribution in [0.1, 0.15) is 104 Å². The Morgan fingerprint density at radius 3 is 2.26 bits per heavy atom. The molecule has 0 aliphatic carbocycles. The van der Waals surface area contributed by atoms with Crippen LogP contribution in [0.3, 0.4) is 0 Å². The van der Waals surface area contributed by atoms with E-state index in [1.54, 1.807) is 40.8 Å². The highest BCUT2D eigenvalue weighted by molar-refractivity contribution is 5.91. The molecule has 3 aromatic carbocycles. The van der Waals surface area contributed by atoms with Gasteiger partial charge in [0.05, 0.1) is 11.5 Å². The molecule has 0 bridgehead atoms. The fourth-order valence-electron chi connectivity index (χ4n) is 7.55. The van der Waals surface area contributed by atoms with Gasteiger partial charge in [-0.3, -0.25) is 9.69 Å². The van der Waals surface area contributed by atoms with Crippen molar-refractivity contribution in [3.8, 4) is 0 Å². The number of nitrogens with one attached hydrogen (secondary N) is 6. The van der Waals surface area contributed by atoms with Gasteiger partial charge in [-0.2, -0.15) is 0 Å². The minimum atomic E-state index is -1.16. The molecule has 2 atom stereocenters. The van der Waals surface area contributed by atoms with Crippen molar-refractivity contribution < 1.29 is 31.5 Å². The lowest BCUT2D eigenvalue weighted by Crippen LogP contribution is -2.50. The number of urea groups is 1. The summed E-state index contributed by atoms with van der Waals surface area (Å²) in [6, 6.07) is 26.1. The van der Waals surface area contributed by atoms with Crippen LogP contribution < -0.4 is 21.3 Å². The minimum Gasteiger partial charge on any atom is -0.458 e. The molecular weight excluding hydrogens is 785 g/mol. The molecule has 0 saturated carbocycles. The van der Waals surface area contributed by atoms with Crippen molar-refractivity contribution in [3.05, 3.63) is 126 Å². The van der Waals surface area contributed by atoms with Gasteiger partial charge in [-0.15, -0.1) is 0 Å². The number of nitrogens with zero attached hydrogens (tertiary/aromatic N) is 2. The molecule has 6 N–H and O–H groups in total. The first-order valence-electron chi connectivity index (χ1n) is 21.7. The molecule has 2 aromatic heterocycles. The maximum Gasteiger partial charge on any atom is 0.407 e. The third-order valence-corrected chi connectivity index (χ3v) is 11.1. The van der Waals surface area contributed by atoms with Crippen molar-refractivity contribution in [2.24, 2.45) is 0 Å². The van der Waals surface area contributed by atoms with Crippen LogP contribution in [0.2, 0.25) is 0 Å². The van der Waals surface area contributed by atoms with Gasteiger partial charge in [-0.05, 0) is 89.5 Å². The number of ether oxygens (including phenoxy) is 2. The number of alkyl carbamates (subject to hydrolysis) is 1. The Kier molecular flexibility index (Phi) is 15.4. The van der Waals surface area contributed by atoms with Gasteiger partial charge < -0.3 is 40.7 Å². The van der Waals surface area contributed by atoms with Gasteiger partial charge in [0.25, 0.3) is 0 Å². The standard InChI is InChI=1S/C48H62N8O6.2H2/c1-47(2,3)62-43(57)39(22-14-15-25-49-46(60)61-32-34-18-10-7-11-19-34)53-44(58)48(4,5)41-30-51-42(55-41)40(28-35-29-50-38-21-13-12-20-37(35)38)54-45(59)52-36-23-26-56(27-24-36)31-33-16-8-6-9-17-33;;/h6-13,16-21,29-30,36,39-40,50H,14-15,22-28,31-32H2,1-5H3,(H,49,60)(H,51,55)(H,53,58)(H2,52,54,59);2*1H/t39-,40-;;/m1../s1. The van der Waals surface area contributed by atoms with Crippen LogP contribution in [-0.2, 0) is 44.1 Å². The van der Waals surface area contributed by atoms with E-state index in [9.17, 15) is 19.2 Å². The van der Waals surface area contributed by atoms with E-state index in [2.05, 4.69) is 60.4 Å². The number of H-pyrrole nitrogens is 2. The molecule has 1 aliphatic heterocycles. The lowest BCUT2D eigenvalue weighted by atomic mass is 9.88. The van der Waals surface area contributed by atoms with Crippen LogP contribution in [0.15, 0.2) is 97.3 Å². The summed E-state index contributed by atoms with van der Waals surface area (Å²) in [6.45, 7) is 12.0. The second kappa shape index (κ2) is 21.1. The molecule has 0 unspecified atom stereocenters. The van der Waals surface area contributed by atoms with Gasteiger partial charge in [-0.1, -0.05) is 78.9 Å². The van der Waals surface area contributed by atoms with Crippen LogP contribution in [0.4, 0.5) is 9.59 Å². The molecule has 14 heteroatoms. The zero-order valence-electron chi connectivity index (χ0n) is 36.6. The van der Waals surface area contributed by atoms with Crippen molar-refractivity contribution >= 4 is 34.9 Å². The molecule has 334 valence electrons. The second-order valence-corrected chi connectivity index (χ2v) is 17.6. The summed E-state index contributed by atoms with van der Waals surface area (Å²) in [7, 11) is 0. The molecule has 4 amide bonds. The molecular formula is C48H66N8O6. The Morgan fingerprint density at radius 1 is 0.871 bits per heavy atom. The Bertz CT molecular complexity index is 2240. The molecule has 0 radical (unpaired) electrons. The van der Waals surface area contributed by atoms with Crippen molar-refractivity contribution in [3.63, 3.8) is 0 Å². The minimum absolute atomic E-state index is 0. The average molecular weight is 851 g/mol. The van der Waals surface area contributed by atoms with Gasteiger partial charge in [-0.25, -0.2) is 19.4 Å². The summed E-state index contributed by atoms with van der Waals surface area (Å²) in [5, 5.41) is 13.1. The fraction of sp³-hybridized carbons (Fsp3) is 0.438. The number of hydrogen-bond acceptors (Lipinski definition) is 8. The number of hydrogen-bond donors (Lipinski definition) is 6. The van der Waals surface area contributed by atoms with E-state index in [1.165, 1.54) is 5.56 Å². The van der Waals surface area contributed by atoms with Crippen LogP contribution >= 0.6 is 0 Å². The van der Waals surface area contributed by atoms with Crippen LogP contribution in [-0.4, -0.2) is 81.2 Å². The molecule has 1 aliphatic rings. The molecule has 5 aromatic rings. The molecule has 1 fully saturated rings. The summed E-state index contributed by atoms with van der Waals surface area (Å²) in [6.07, 6.45) is 6.52. The Morgan fingerprint density at radius 2 is 1.55 bits per heavy atom. The normalized spacial score (nSPS) is 14.7. The molecule has 14 nitrogen and oxygen atoms in total. The highest BCUT2D eigenvalue weighted by atomic mass is 16.6. The quantitative estimate of drug-likeness (QED) is 0.0381. The molecule has 3 heterocycles. The summed E-state index contributed by atoms with van der Waals surface area (Å²) < 4.78 is 11.0. The zero-order valence-corrected chi connectivity index (χ0v) is 36.6. The number of aromatic nitrogens is 3. The van der Waals surface area contributed by atoms with Crippen molar-refractivity contribution in [1.82, 2.24) is 41.1 Å². The number of para-hydroxylation sites is 1. The first kappa shape index (κ1) is 45.4. The van der Waals surface area contributed by atoms with E-state index < -0.39 is 41.1 Å². The van der Waals surface area contributed by atoms with Crippen LogP contribution in [0.25, 0.3) is 10.9 Å². The number of piperidine rings is 1. The fourth-order valence-corrected chi connectivity index (χ4v) is 7.55. The number of carbonyl (C=O) groups excluding carboxylic acids is 4. The number of likely N-dealkylation sites (tertiary alicyclic amines) is 1. The van der Waals surface area contributed by atoms with Crippen molar-refractivity contribution in [2.75, 3.05) is 19.6 Å². The maximum atomic E-state index is 14.1. The van der Waals surface area contributed by atoms with Crippen molar-refractivity contribution in [2.45, 2.75) is 115 Å². The van der Waals surface area contributed by atoms with Crippen LogP contribution in [0.5, 0.6) is 0 Å². The number of amides is 4. The predicted molar refractivity (Wildman–Crippen MR) is 243 cm³/mol. The monoisotopic (exact) mass is 851 g/mol. The first-order chi connectivity index (χ1) is 29.7. The lowest BCUT2D eigenvalue weighted by molar-refractivity contribution is -0.159. The molecule has 62 heavy (non-hydrogen) atoms. The number of imidazole rings is 1. The van der Waals surface area contributed by atoms with Gasteiger partial charge in [0, 0.05) is 70.5 Å². The summed E-state index contributed by atoms with van der Waals surface area (Å²) >= 11 is 0. The first-order valence-corrected chi connectivity index (χ1v) is 21.7. The largest absolute Gasteiger partial charge is 0.458 e. The average Bonchev–Trinajstić information content (AvgIpc) is 3.92. The predicted octanol–water partition coefficient (Wildman–Crippen LogP) is 7.83. The smallest absolute Gasteiger partial charge is 0.407 e. The van der Waals surface area contributed by atoms with Gasteiger partial charge >= 0.3 is 18.1 Å². The summed E-state index contributed by atoms with van der Waals surface area (Å²) in [5.74, 6) is -0.445. The molecule has 6 rings (SSSR count). The SMILES string of the molecule is CC(C)(C)OC(=O)[C@@H](CCCCNC(=O)OCc1ccccc1)NC(=O)C(C)(C)c1cnc([C@@H](Cc2c[nH]c3ccccc23)NC(=O)NC2CCN(Cc3ccccc3)CC2)[nH]1.[HH].[HH]. The van der Waals surface area contributed by atoms with E-state index in [-0.39, 0.29) is 21.5 Å². The van der Waals surface area contributed by atoms with Crippen molar-refractivity contribution in [1.29, 1.82) is 0 Å². The highest BCUT2D eigenvalue weighted by Crippen LogP contribution is 2.28. The number of unbranched alkanes of at least 4 members (excludes halogenated alkanes) is 1. The van der Waals surface area contributed by atoms with E-state index in [4.69, 9.17) is 14.5 Å². The maximum absolute atomic E-state index is 14.1. The Balaban J connectivity index is 0.00000449. The summed E-state index contributed by atoms with van der Waals surface area (Å²) in [4.78, 5) is 67.3. The van der Waals surface area contributed by atoms with E-state index >= 15 is 0 Å². The zero-order chi connectivity index (χ0) is 44.1. The van der Waals surface area contributed by atoms with E-state index in [1.807, 2.05) is 66.9 Å². The van der Waals surface area contributed by atoms with Gasteiger partial charge in [0.15, 0.2) is 0 Å². The number of aromatic amines is 2. The third-order valence-electron chi connectivity index (χ3n) is 11.1. The number of fused-ring (bicyclic) bond motifs is 1. The van der Waals surface area contributed by atoms with Gasteiger partial charge in [0.2, 0.25) is 5.91 Å².